The average Bonchev–Trinajstić information content (AvgIpc) is 2.66. The summed E-state index contributed by atoms with van der Waals surface area (Å²) in [4.78, 5) is 28.2. The van der Waals surface area contributed by atoms with Crippen molar-refractivity contribution in [2.75, 3.05) is 32.8 Å². The minimum Gasteiger partial charge on any atom is -0.481 e. The van der Waals surface area contributed by atoms with E-state index in [1.165, 1.54) is 12.1 Å². The Morgan fingerprint density at radius 2 is 1.69 bits per heavy atom. The molecule has 136 valence electrons. The summed E-state index contributed by atoms with van der Waals surface area (Å²) in [5, 5.41) is 0. The normalized spacial score (nSPS) is 14.2. The maximum Gasteiger partial charge on any atom is 0.260 e. The zero-order valence-electron chi connectivity index (χ0n) is 14.7. The Bertz CT molecular complexity index is 801. The summed E-state index contributed by atoms with van der Waals surface area (Å²) in [7, 11) is 0. The van der Waals surface area contributed by atoms with Crippen LogP contribution in [0, 0.1) is 12.7 Å². The highest BCUT2D eigenvalue weighted by Crippen LogP contribution is 2.16. The molecule has 0 atom stereocenters. The first kappa shape index (κ1) is 17.9. The van der Waals surface area contributed by atoms with Crippen molar-refractivity contribution in [2.45, 2.75) is 6.92 Å². The van der Waals surface area contributed by atoms with Crippen molar-refractivity contribution in [1.29, 1.82) is 0 Å². The number of carbonyl (C=O) groups excluding carboxylic acids is 2. The molecule has 1 aliphatic rings. The number of aryl methyl sites for hydroxylation is 1. The minimum absolute atomic E-state index is 0.0246. The van der Waals surface area contributed by atoms with Gasteiger partial charge in [0.25, 0.3) is 11.8 Å². The second kappa shape index (κ2) is 7.99. The number of hydrogen-bond acceptors (Lipinski definition) is 3. The van der Waals surface area contributed by atoms with E-state index in [1.807, 2.05) is 25.1 Å². The monoisotopic (exact) mass is 356 g/mol. The van der Waals surface area contributed by atoms with Gasteiger partial charge in [-0.05, 0) is 31.2 Å². The zero-order chi connectivity index (χ0) is 18.5. The Hall–Kier alpha value is -2.89. The van der Waals surface area contributed by atoms with Gasteiger partial charge in [0, 0.05) is 31.7 Å². The van der Waals surface area contributed by atoms with Crippen molar-refractivity contribution in [1.82, 2.24) is 9.80 Å². The van der Waals surface area contributed by atoms with Gasteiger partial charge in [-0.1, -0.05) is 29.8 Å². The molecule has 2 amide bonds. The van der Waals surface area contributed by atoms with Gasteiger partial charge in [0.05, 0.1) is 0 Å². The Morgan fingerprint density at radius 3 is 2.38 bits per heavy atom. The molecule has 0 aliphatic carbocycles. The molecule has 0 aromatic heterocycles. The first-order valence-electron chi connectivity index (χ1n) is 8.55. The number of halogens is 1. The molecule has 1 aliphatic heterocycles. The van der Waals surface area contributed by atoms with Crippen LogP contribution < -0.4 is 4.74 Å². The molecule has 2 aromatic rings. The zero-order valence-corrected chi connectivity index (χ0v) is 14.7. The van der Waals surface area contributed by atoms with Crippen LogP contribution >= 0.6 is 0 Å². The van der Waals surface area contributed by atoms with E-state index in [0.717, 1.165) is 5.56 Å². The summed E-state index contributed by atoms with van der Waals surface area (Å²) in [6, 6.07) is 13.5. The molecular formula is C20H21FN2O3. The largest absolute Gasteiger partial charge is 0.481 e. The number of carbonyl (C=O) groups is 2. The van der Waals surface area contributed by atoms with Crippen molar-refractivity contribution in [3.05, 3.63) is 65.5 Å². The molecule has 1 saturated heterocycles. The predicted molar refractivity (Wildman–Crippen MR) is 95.6 cm³/mol. The van der Waals surface area contributed by atoms with E-state index in [0.29, 0.717) is 31.7 Å². The molecule has 2 aromatic carbocycles. The molecule has 6 heteroatoms. The maximum absolute atomic E-state index is 13.5. The molecule has 0 bridgehead atoms. The van der Waals surface area contributed by atoms with Crippen LogP contribution in [0.4, 0.5) is 4.39 Å². The summed E-state index contributed by atoms with van der Waals surface area (Å²) < 4.78 is 18.8. The molecule has 0 radical (unpaired) electrons. The van der Waals surface area contributed by atoms with Gasteiger partial charge in [-0.3, -0.25) is 9.59 Å². The van der Waals surface area contributed by atoms with Gasteiger partial charge >= 0.3 is 0 Å². The van der Waals surface area contributed by atoms with Crippen molar-refractivity contribution in [3.63, 3.8) is 0 Å². The molecule has 1 heterocycles. The molecule has 3 rings (SSSR count). The number of piperazine rings is 1. The lowest BCUT2D eigenvalue weighted by Gasteiger charge is -2.34. The number of nitrogens with zero attached hydrogens (tertiary/aromatic N) is 2. The number of para-hydroxylation sites is 1. The van der Waals surface area contributed by atoms with Crippen molar-refractivity contribution < 1.29 is 18.7 Å². The lowest BCUT2D eigenvalue weighted by Crippen LogP contribution is -2.51. The second-order valence-corrected chi connectivity index (χ2v) is 6.26. The Balaban J connectivity index is 1.51. The Labute approximate surface area is 152 Å². The first-order chi connectivity index (χ1) is 12.5. The van der Waals surface area contributed by atoms with Crippen LogP contribution in [0.1, 0.15) is 15.9 Å². The van der Waals surface area contributed by atoms with Crippen LogP contribution in [0.15, 0.2) is 48.5 Å². The quantitative estimate of drug-likeness (QED) is 0.846. The fraction of sp³-hybridized carbons (Fsp3) is 0.300. The lowest BCUT2D eigenvalue weighted by atomic mass is 10.1. The smallest absolute Gasteiger partial charge is 0.260 e. The third-order valence-electron chi connectivity index (χ3n) is 4.37. The molecule has 26 heavy (non-hydrogen) atoms. The molecule has 1 fully saturated rings. The Kier molecular flexibility index (Phi) is 5.51. The number of benzene rings is 2. The highest BCUT2D eigenvalue weighted by Gasteiger charge is 2.25. The van der Waals surface area contributed by atoms with Crippen LogP contribution in [0.25, 0.3) is 0 Å². The highest BCUT2D eigenvalue weighted by molar-refractivity contribution is 5.94. The Morgan fingerprint density at radius 1 is 1.00 bits per heavy atom. The van der Waals surface area contributed by atoms with Gasteiger partial charge < -0.3 is 14.5 Å². The number of ether oxygens (including phenoxy) is 1. The van der Waals surface area contributed by atoms with Gasteiger partial charge in [-0.2, -0.15) is 0 Å². The fourth-order valence-corrected chi connectivity index (χ4v) is 2.91. The van der Waals surface area contributed by atoms with E-state index in [-0.39, 0.29) is 24.2 Å². The van der Waals surface area contributed by atoms with E-state index < -0.39 is 5.82 Å². The van der Waals surface area contributed by atoms with Crippen molar-refractivity contribution in [3.8, 4) is 5.75 Å². The molecule has 0 N–H and O–H groups in total. The van der Waals surface area contributed by atoms with Gasteiger partial charge in [-0.25, -0.2) is 4.39 Å². The van der Waals surface area contributed by atoms with Gasteiger partial charge in [0.2, 0.25) is 0 Å². The minimum atomic E-state index is -0.492. The summed E-state index contributed by atoms with van der Waals surface area (Å²) in [6.07, 6.45) is 0. The molecule has 0 spiro atoms. The van der Waals surface area contributed by atoms with Crippen LogP contribution in [0.2, 0.25) is 0 Å². The van der Waals surface area contributed by atoms with E-state index in [1.54, 1.807) is 28.0 Å². The third kappa shape index (κ3) is 4.20. The van der Waals surface area contributed by atoms with E-state index >= 15 is 0 Å². The van der Waals surface area contributed by atoms with Crippen LogP contribution in [0.3, 0.4) is 0 Å². The second-order valence-electron chi connectivity index (χ2n) is 6.26. The van der Waals surface area contributed by atoms with E-state index in [4.69, 9.17) is 4.74 Å². The SMILES string of the molecule is Cc1cccc(C(=O)N2CCN(C(=O)COc3ccccc3F)CC2)c1. The van der Waals surface area contributed by atoms with E-state index in [9.17, 15) is 14.0 Å². The summed E-state index contributed by atoms with van der Waals surface area (Å²) >= 11 is 0. The first-order valence-corrected chi connectivity index (χ1v) is 8.55. The molecule has 0 unspecified atom stereocenters. The lowest BCUT2D eigenvalue weighted by molar-refractivity contribution is -0.134. The van der Waals surface area contributed by atoms with Gasteiger partial charge in [0.1, 0.15) is 0 Å². The summed E-state index contributed by atoms with van der Waals surface area (Å²) in [6.45, 7) is 3.56. The van der Waals surface area contributed by atoms with Crippen LogP contribution in [-0.4, -0.2) is 54.4 Å². The fourth-order valence-electron chi connectivity index (χ4n) is 2.91. The molecular weight excluding hydrogens is 335 g/mol. The van der Waals surface area contributed by atoms with E-state index in [2.05, 4.69) is 0 Å². The maximum atomic E-state index is 13.5. The van der Waals surface area contributed by atoms with Crippen molar-refractivity contribution in [2.24, 2.45) is 0 Å². The standard InChI is InChI=1S/C20H21FN2O3/c1-15-5-4-6-16(13-15)20(25)23-11-9-22(10-12-23)19(24)14-26-18-8-3-2-7-17(18)21/h2-8,13H,9-12,14H2,1H3. The topological polar surface area (TPSA) is 49.9 Å². The predicted octanol–water partition coefficient (Wildman–Crippen LogP) is 2.50. The molecule has 5 nitrogen and oxygen atoms in total. The molecule has 0 saturated carbocycles. The number of amides is 2. The third-order valence-corrected chi connectivity index (χ3v) is 4.37. The van der Waals surface area contributed by atoms with Gasteiger partial charge in [0.15, 0.2) is 18.2 Å². The average molecular weight is 356 g/mol. The number of rotatable bonds is 4. The van der Waals surface area contributed by atoms with Crippen LogP contribution in [0.5, 0.6) is 5.75 Å². The van der Waals surface area contributed by atoms with Crippen molar-refractivity contribution >= 4 is 11.8 Å². The van der Waals surface area contributed by atoms with Crippen LogP contribution in [-0.2, 0) is 4.79 Å². The number of hydrogen-bond donors (Lipinski definition) is 0. The van der Waals surface area contributed by atoms with Gasteiger partial charge in [-0.15, -0.1) is 0 Å². The summed E-state index contributed by atoms with van der Waals surface area (Å²) in [5.74, 6) is -0.665. The highest BCUT2D eigenvalue weighted by atomic mass is 19.1. The summed E-state index contributed by atoms with van der Waals surface area (Å²) in [5.41, 5.74) is 1.70.